The van der Waals surface area contributed by atoms with Crippen molar-refractivity contribution < 1.29 is 52.9 Å². The van der Waals surface area contributed by atoms with E-state index in [1.807, 2.05) is 44.2 Å². The second kappa shape index (κ2) is 20.4. The van der Waals surface area contributed by atoms with Crippen molar-refractivity contribution in [2.24, 2.45) is 0 Å². The summed E-state index contributed by atoms with van der Waals surface area (Å²) in [6.07, 6.45) is -1.03. The van der Waals surface area contributed by atoms with Gasteiger partial charge < -0.3 is 48.1 Å². The fourth-order valence-corrected chi connectivity index (χ4v) is 2.19. The van der Waals surface area contributed by atoms with Crippen LogP contribution in [-0.2, 0) is 38.0 Å². The summed E-state index contributed by atoms with van der Waals surface area (Å²) in [7, 11) is 0. The number of benzene rings is 1. The van der Waals surface area contributed by atoms with Crippen molar-refractivity contribution in [3.8, 4) is 5.75 Å². The first kappa shape index (κ1) is 31.2. The van der Waals surface area contributed by atoms with Gasteiger partial charge in [-0.15, -0.1) is 0 Å². The van der Waals surface area contributed by atoms with Crippen LogP contribution < -0.4 is 4.74 Å². The maximum Gasteiger partial charge on any atom is 0.302 e. The molecule has 4 atom stereocenters. The fraction of sp³-hybridized carbons (Fsp3) is 0.708. The lowest BCUT2D eigenvalue weighted by Crippen LogP contribution is -2.24. The monoisotopic (exact) mass is 504 g/mol. The van der Waals surface area contributed by atoms with Gasteiger partial charge in [-0.2, -0.15) is 0 Å². The van der Waals surface area contributed by atoms with E-state index in [-0.39, 0.29) is 52.2 Å². The number of hydrogen-bond acceptors (Lipinski definition) is 11. The van der Waals surface area contributed by atoms with Gasteiger partial charge in [0, 0.05) is 6.92 Å². The number of aliphatic hydroxyl groups excluding tert-OH is 2. The smallest absolute Gasteiger partial charge is 0.302 e. The predicted octanol–water partition coefficient (Wildman–Crippen LogP) is 1.14. The van der Waals surface area contributed by atoms with Crippen LogP contribution in [0.2, 0.25) is 0 Å². The molecule has 0 bridgehead atoms. The molecule has 0 spiro atoms. The van der Waals surface area contributed by atoms with Gasteiger partial charge in [-0.1, -0.05) is 32.0 Å². The van der Waals surface area contributed by atoms with Crippen LogP contribution in [0.25, 0.3) is 0 Å². The van der Waals surface area contributed by atoms with Crippen LogP contribution >= 0.6 is 0 Å². The Morgan fingerprint density at radius 1 is 0.857 bits per heavy atom. The highest BCUT2D eigenvalue weighted by Gasteiger charge is 2.22. The van der Waals surface area contributed by atoms with Gasteiger partial charge in [0.15, 0.2) is 0 Å². The van der Waals surface area contributed by atoms with Crippen molar-refractivity contribution in [3.05, 3.63) is 30.3 Å². The van der Waals surface area contributed by atoms with Crippen LogP contribution in [0.1, 0.15) is 20.8 Å². The van der Waals surface area contributed by atoms with Crippen molar-refractivity contribution in [2.45, 2.75) is 45.2 Å². The number of aliphatic hydroxyl groups is 2. The minimum absolute atomic E-state index is 0.0545. The molecule has 3 rings (SSSR count). The summed E-state index contributed by atoms with van der Waals surface area (Å²) in [6.45, 7) is 8.57. The number of carbonyl (C=O) groups excluding carboxylic acids is 1. The van der Waals surface area contributed by atoms with Gasteiger partial charge in [-0.3, -0.25) is 4.79 Å². The summed E-state index contributed by atoms with van der Waals surface area (Å²) >= 11 is 0. The number of carbonyl (C=O) groups is 1. The number of epoxide rings is 2. The maximum absolute atomic E-state index is 10.4. The lowest BCUT2D eigenvalue weighted by molar-refractivity contribution is -0.146. The number of rotatable bonds is 17. The van der Waals surface area contributed by atoms with Crippen LogP contribution in [0.3, 0.4) is 0 Å². The summed E-state index contributed by atoms with van der Waals surface area (Å²) in [4.78, 5) is 10.4. The molecule has 11 heteroatoms. The normalized spacial score (nSPS) is 19.2. The Hall–Kier alpha value is -1.83. The molecule has 202 valence electrons. The molecule has 11 nitrogen and oxygen atoms in total. The third kappa shape index (κ3) is 20.1. The van der Waals surface area contributed by atoms with E-state index in [0.717, 1.165) is 19.0 Å². The Kier molecular flexibility index (Phi) is 18.2. The summed E-state index contributed by atoms with van der Waals surface area (Å²) in [5, 5.41) is 18.8. The van der Waals surface area contributed by atoms with Crippen molar-refractivity contribution >= 4 is 5.97 Å². The molecule has 0 amide bonds. The van der Waals surface area contributed by atoms with Gasteiger partial charge in [-0.25, -0.2) is 0 Å². The first-order chi connectivity index (χ1) is 17.0. The van der Waals surface area contributed by atoms with Gasteiger partial charge >= 0.3 is 5.97 Å². The zero-order chi connectivity index (χ0) is 25.7. The highest BCUT2D eigenvalue weighted by atomic mass is 16.7. The second-order valence-electron chi connectivity index (χ2n) is 7.36. The van der Waals surface area contributed by atoms with Crippen molar-refractivity contribution in [2.75, 3.05) is 66.4 Å². The van der Waals surface area contributed by atoms with Crippen molar-refractivity contribution in [3.63, 3.8) is 0 Å². The summed E-state index contributed by atoms with van der Waals surface area (Å²) in [6, 6.07) is 9.35. The minimum Gasteiger partial charge on any atom is -0.491 e. The average molecular weight is 505 g/mol. The predicted molar refractivity (Wildman–Crippen MR) is 125 cm³/mol. The molecule has 2 aliphatic rings. The molecule has 4 unspecified atom stereocenters. The molecule has 2 heterocycles. The van der Waals surface area contributed by atoms with E-state index in [2.05, 4.69) is 4.74 Å². The first-order valence-electron chi connectivity index (χ1n) is 11.7. The number of esters is 1. The van der Waals surface area contributed by atoms with E-state index in [1.165, 1.54) is 6.92 Å². The van der Waals surface area contributed by atoms with Gasteiger partial charge in [-0.05, 0) is 12.1 Å². The largest absolute Gasteiger partial charge is 0.491 e. The highest BCUT2D eigenvalue weighted by molar-refractivity contribution is 5.65. The Labute approximate surface area is 207 Å². The molecule has 2 fully saturated rings. The summed E-state index contributed by atoms with van der Waals surface area (Å²) < 4.78 is 40.2. The van der Waals surface area contributed by atoms with Gasteiger partial charge in [0.05, 0.1) is 39.6 Å². The molecule has 35 heavy (non-hydrogen) atoms. The topological polar surface area (TPSA) is 138 Å². The molecular weight excluding hydrogens is 464 g/mol. The SMILES string of the molecule is CC.CC(=O)OCC(O)COCOCC1CO1.OC(COCOCC1CO1)COc1ccccc1. The molecule has 2 saturated heterocycles. The second-order valence-corrected chi connectivity index (χ2v) is 7.36. The molecular formula is C24H40O11. The zero-order valence-corrected chi connectivity index (χ0v) is 20.8. The van der Waals surface area contributed by atoms with Crippen molar-refractivity contribution in [1.82, 2.24) is 0 Å². The molecule has 0 aliphatic carbocycles. The van der Waals surface area contributed by atoms with Crippen LogP contribution in [0.5, 0.6) is 5.75 Å². The third-order valence-electron chi connectivity index (χ3n) is 4.03. The molecule has 0 radical (unpaired) electrons. The minimum atomic E-state index is -0.810. The summed E-state index contributed by atoms with van der Waals surface area (Å²) in [5.74, 6) is 0.315. The average Bonchev–Trinajstić information content (AvgIpc) is 3.79. The van der Waals surface area contributed by atoms with Crippen LogP contribution in [0, 0.1) is 0 Å². The van der Waals surface area contributed by atoms with Crippen LogP contribution in [-0.4, -0.2) is 107 Å². The van der Waals surface area contributed by atoms with Crippen molar-refractivity contribution in [1.29, 1.82) is 0 Å². The Balaban J connectivity index is 0.000000332. The summed E-state index contributed by atoms with van der Waals surface area (Å²) in [5.41, 5.74) is 0. The molecule has 1 aromatic rings. The van der Waals surface area contributed by atoms with E-state index in [1.54, 1.807) is 0 Å². The quantitative estimate of drug-likeness (QED) is 0.137. The standard InChI is InChI=1S/C13H18O5.C9H16O6.C2H6/c14-11(6-15-10-16-8-13-9-18-13)7-17-12-4-2-1-3-5-12;1-7(10)14-3-8(11)2-12-6-13-4-9-5-15-9;1-2/h1-5,11,13-14H,6-10H2;8-9,11H,2-6H2,1H3;1-2H3. The number of ether oxygens (including phenoxy) is 8. The third-order valence-corrected chi connectivity index (χ3v) is 4.03. The molecule has 2 N–H and O–H groups in total. The fourth-order valence-electron chi connectivity index (χ4n) is 2.19. The first-order valence-corrected chi connectivity index (χ1v) is 11.7. The lowest BCUT2D eigenvalue weighted by Gasteiger charge is -2.12. The van der Waals surface area contributed by atoms with Crippen LogP contribution in [0.15, 0.2) is 30.3 Å². The molecule has 2 aliphatic heterocycles. The Morgan fingerprint density at radius 2 is 1.34 bits per heavy atom. The lowest BCUT2D eigenvalue weighted by atomic mass is 10.3. The Bertz CT molecular complexity index is 623. The molecule has 0 aromatic heterocycles. The van der Waals surface area contributed by atoms with E-state index in [9.17, 15) is 15.0 Å². The van der Waals surface area contributed by atoms with E-state index >= 15 is 0 Å². The Morgan fingerprint density at radius 3 is 1.80 bits per heavy atom. The number of hydrogen-bond donors (Lipinski definition) is 2. The number of para-hydroxylation sites is 1. The van der Waals surface area contributed by atoms with Crippen LogP contribution in [0.4, 0.5) is 0 Å². The molecule has 1 aromatic carbocycles. The van der Waals surface area contributed by atoms with Gasteiger partial charge in [0.1, 0.15) is 57.0 Å². The van der Waals surface area contributed by atoms with E-state index in [0.29, 0.717) is 13.2 Å². The van der Waals surface area contributed by atoms with E-state index in [4.69, 9.17) is 33.2 Å². The maximum atomic E-state index is 10.4. The highest BCUT2D eigenvalue weighted by Crippen LogP contribution is 2.10. The van der Waals surface area contributed by atoms with Gasteiger partial charge in [0.25, 0.3) is 0 Å². The molecule has 0 saturated carbocycles. The van der Waals surface area contributed by atoms with E-state index < -0.39 is 18.2 Å². The zero-order valence-electron chi connectivity index (χ0n) is 20.8. The van der Waals surface area contributed by atoms with Gasteiger partial charge in [0.2, 0.25) is 0 Å².